The van der Waals surface area contributed by atoms with Crippen LogP contribution in [0.4, 0.5) is 4.39 Å². The maximum atomic E-state index is 14.0. The second-order valence-electron chi connectivity index (χ2n) is 5.63. The number of rotatable bonds is 5. The zero-order valence-corrected chi connectivity index (χ0v) is 12.0. The van der Waals surface area contributed by atoms with Gasteiger partial charge in [-0.2, -0.15) is 0 Å². The highest BCUT2D eigenvalue weighted by atomic mass is 19.1. The van der Waals surface area contributed by atoms with Crippen LogP contribution in [0, 0.1) is 17.7 Å². The Hall–Kier alpha value is -0.960. The molecule has 0 bridgehead atoms. The SMILES string of the molecule is CCNC(c1ccncc1F)C1CCCC(CC)C1. The van der Waals surface area contributed by atoms with Gasteiger partial charge in [0, 0.05) is 17.8 Å². The number of nitrogens with zero attached hydrogens (tertiary/aromatic N) is 1. The average Bonchev–Trinajstić information content (AvgIpc) is 2.46. The van der Waals surface area contributed by atoms with E-state index in [2.05, 4.69) is 24.1 Å². The third kappa shape index (κ3) is 3.53. The van der Waals surface area contributed by atoms with Crippen molar-refractivity contribution in [2.24, 2.45) is 11.8 Å². The predicted octanol–water partition coefficient (Wildman–Crippen LogP) is 4.09. The van der Waals surface area contributed by atoms with E-state index in [0.29, 0.717) is 5.92 Å². The smallest absolute Gasteiger partial charge is 0.146 e. The molecule has 0 radical (unpaired) electrons. The molecule has 1 aromatic rings. The van der Waals surface area contributed by atoms with Gasteiger partial charge in [0.05, 0.1) is 6.20 Å². The molecule has 1 N–H and O–H groups in total. The van der Waals surface area contributed by atoms with Crippen LogP contribution in [-0.4, -0.2) is 11.5 Å². The monoisotopic (exact) mass is 264 g/mol. The van der Waals surface area contributed by atoms with E-state index in [4.69, 9.17) is 0 Å². The van der Waals surface area contributed by atoms with Gasteiger partial charge in [-0.15, -0.1) is 0 Å². The summed E-state index contributed by atoms with van der Waals surface area (Å²) in [5, 5.41) is 3.49. The van der Waals surface area contributed by atoms with E-state index in [-0.39, 0.29) is 11.9 Å². The van der Waals surface area contributed by atoms with E-state index in [1.165, 1.54) is 38.3 Å². The first-order valence-electron chi connectivity index (χ1n) is 7.59. The molecule has 2 rings (SSSR count). The van der Waals surface area contributed by atoms with Crippen molar-refractivity contribution in [2.45, 2.75) is 52.0 Å². The Bertz CT molecular complexity index is 394. The number of hydrogen-bond acceptors (Lipinski definition) is 2. The maximum absolute atomic E-state index is 14.0. The highest BCUT2D eigenvalue weighted by molar-refractivity contribution is 5.18. The van der Waals surface area contributed by atoms with Gasteiger partial charge in [0.1, 0.15) is 5.82 Å². The summed E-state index contributed by atoms with van der Waals surface area (Å²) in [4.78, 5) is 3.86. The molecule has 106 valence electrons. The predicted molar refractivity (Wildman–Crippen MR) is 76.4 cm³/mol. The maximum Gasteiger partial charge on any atom is 0.146 e. The Morgan fingerprint density at radius 2 is 2.26 bits per heavy atom. The highest BCUT2D eigenvalue weighted by Gasteiger charge is 2.29. The van der Waals surface area contributed by atoms with Crippen molar-refractivity contribution >= 4 is 0 Å². The van der Waals surface area contributed by atoms with Gasteiger partial charge in [-0.25, -0.2) is 4.39 Å². The minimum Gasteiger partial charge on any atom is -0.310 e. The Balaban J connectivity index is 2.17. The first kappa shape index (κ1) is 14.4. The molecule has 1 heterocycles. The summed E-state index contributed by atoms with van der Waals surface area (Å²) in [6.45, 7) is 5.23. The fraction of sp³-hybridized carbons (Fsp3) is 0.688. The van der Waals surface area contributed by atoms with Crippen molar-refractivity contribution in [3.05, 3.63) is 29.8 Å². The first-order valence-corrected chi connectivity index (χ1v) is 7.59. The number of hydrogen-bond donors (Lipinski definition) is 1. The highest BCUT2D eigenvalue weighted by Crippen LogP contribution is 2.38. The standard InChI is InChI=1S/C16H25FN2/c1-3-12-6-5-7-13(10-12)16(19-4-2)14-8-9-18-11-15(14)17/h8-9,11-13,16,19H,3-7,10H2,1-2H3. The Morgan fingerprint density at radius 1 is 1.42 bits per heavy atom. The summed E-state index contributed by atoms with van der Waals surface area (Å²) in [5.41, 5.74) is 0.790. The van der Waals surface area contributed by atoms with E-state index in [0.717, 1.165) is 18.0 Å². The topological polar surface area (TPSA) is 24.9 Å². The molecule has 3 atom stereocenters. The summed E-state index contributed by atoms with van der Waals surface area (Å²) < 4.78 is 14.0. The van der Waals surface area contributed by atoms with Crippen molar-refractivity contribution in [1.82, 2.24) is 10.3 Å². The van der Waals surface area contributed by atoms with Crippen molar-refractivity contribution in [3.63, 3.8) is 0 Å². The van der Waals surface area contributed by atoms with Gasteiger partial charge in [0.25, 0.3) is 0 Å². The van der Waals surface area contributed by atoms with Crippen LogP contribution in [0.15, 0.2) is 18.5 Å². The average molecular weight is 264 g/mol. The quantitative estimate of drug-likeness (QED) is 0.866. The molecule has 3 unspecified atom stereocenters. The molecule has 19 heavy (non-hydrogen) atoms. The molecule has 0 saturated heterocycles. The zero-order chi connectivity index (χ0) is 13.7. The first-order chi connectivity index (χ1) is 9.26. The molecule has 0 aliphatic heterocycles. The lowest BCUT2D eigenvalue weighted by Crippen LogP contribution is -2.32. The normalized spacial score (nSPS) is 25.2. The van der Waals surface area contributed by atoms with Gasteiger partial charge >= 0.3 is 0 Å². The van der Waals surface area contributed by atoms with E-state index < -0.39 is 0 Å². The second-order valence-corrected chi connectivity index (χ2v) is 5.63. The minimum absolute atomic E-state index is 0.141. The fourth-order valence-electron chi connectivity index (χ4n) is 3.39. The summed E-state index contributed by atoms with van der Waals surface area (Å²) in [7, 11) is 0. The molecule has 1 fully saturated rings. The summed E-state index contributed by atoms with van der Waals surface area (Å²) in [5.74, 6) is 1.19. The van der Waals surface area contributed by atoms with E-state index in [1.54, 1.807) is 6.20 Å². The fourth-order valence-corrected chi connectivity index (χ4v) is 3.39. The molecule has 1 aromatic heterocycles. The van der Waals surface area contributed by atoms with Crippen LogP contribution in [0.25, 0.3) is 0 Å². The van der Waals surface area contributed by atoms with Crippen LogP contribution >= 0.6 is 0 Å². The van der Waals surface area contributed by atoms with E-state index in [1.807, 2.05) is 6.07 Å². The molecule has 0 aromatic carbocycles. The zero-order valence-electron chi connectivity index (χ0n) is 12.0. The van der Waals surface area contributed by atoms with Crippen LogP contribution in [0.1, 0.15) is 57.6 Å². The lowest BCUT2D eigenvalue weighted by molar-refractivity contribution is 0.208. The van der Waals surface area contributed by atoms with Crippen LogP contribution in [0.3, 0.4) is 0 Å². The number of nitrogens with one attached hydrogen (secondary N) is 1. The Kier molecular flexibility index (Phi) is 5.32. The molecule has 1 aliphatic carbocycles. The molecule has 0 spiro atoms. The van der Waals surface area contributed by atoms with Crippen molar-refractivity contribution in [2.75, 3.05) is 6.54 Å². The lowest BCUT2D eigenvalue weighted by atomic mass is 9.75. The number of halogens is 1. The van der Waals surface area contributed by atoms with E-state index >= 15 is 0 Å². The van der Waals surface area contributed by atoms with E-state index in [9.17, 15) is 4.39 Å². The van der Waals surface area contributed by atoms with Gasteiger partial charge in [-0.3, -0.25) is 4.98 Å². The molecule has 1 saturated carbocycles. The number of aromatic nitrogens is 1. The molecule has 0 amide bonds. The third-order valence-electron chi connectivity index (χ3n) is 4.44. The Morgan fingerprint density at radius 3 is 2.95 bits per heavy atom. The molecule has 1 aliphatic rings. The number of pyridine rings is 1. The van der Waals surface area contributed by atoms with Gasteiger partial charge < -0.3 is 5.32 Å². The van der Waals surface area contributed by atoms with Gasteiger partial charge in [0.15, 0.2) is 0 Å². The van der Waals surface area contributed by atoms with Gasteiger partial charge in [0.2, 0.25) is 0 Å². The summed E-state index contributed by atoms with van der Waals surface area (Å²) >= 11 is 0. The largest absolute Gasteiger partial charge is 0.310 e. The Labute approximate surface area is 115 Å². The van der Waals surface area contributed by atoms with Crippen LogP contribution in [-0.2, 0) is 0 Å². The van der Waals surface area contributed by atoms with Crippen molar-refractivity contribution in [1.29, 1.82) is 0 Å². The summed E-state index contributed by atoms with van der Waals surface area (Å²) in [6, 6.07) is 1.97. The van der Waals surface area contributed by atoms with Crippen molar-refractivity contribution < 1.29 is 4.39 Å². The van der Waals surface area contributed by atoms with Gasteiger partial charge in [-0.05, 0) is 37.3 Å². The van der Waals surface area contributed by atoms with Crippen LogP contribution in [0.5, 0.6) is 0 Å². The van der Waals surface area contributed by atoms with Crippen LogP contribution < -0.4 is 5.32 Å². The van der Waals surface area contributed by atoms with Crippen molar-refractivity contribution in [3.8, 4) is 0 Å². The lowest BCUT2D eigenvalue weighted by Gasteiger charge is -2.35. The van der Waals surface area contributed by atoms with Crippen LogP contribution in [0.2, 0.25) is 0 Å². The molecular formula is C16H25FN2. The molecule has 3 heteroatoms. The van der Waals surface area contributed by atoms with Gasteiger partial charge in [-0.1, -0.05) is 33.1 Å². The molecular weight excluding hydrogens is 239 g/mol. The molecule has 2 nitrogen and oxygen atoms in total. The third-order valence-corrected chi connectivity index (χ3v) is 4.44. The summed E-state index contributed by atoms with van der Waals surface area (Å²) in [6.07, 6.45) is 9.31. The minimum atomic E-state index is -0.174. The second kappa shape index (κ2) is 6.99.